The molecule has 0 spiro atoms. The van der Waals surface area contributed by atoms with Gasteiger partial charge in [-0.05, 0) is 31.5 Å². The third-order valence-electron chi connectivity index (χ3n) is 3.49. The lowest BCUT2D eigenvalue weighted by atomic mass is 10.2. The number of carbonyl (C=O) groups excluding carboxylic acids is 1. The zero-order valence-electron chi connectivity index (χ0n) is 12.6. The van der Waals surface area contributed by atoms with Gasteiger partial charge < -0.3 is 4.90 Å². The van der Waals surface area contributed by atoms with Gasteiger partial charge in [-0.2, -0.15) is 5.10 Å². The second-order valence-electron chi connectivity index (χ2n) is 5.12. The molecule has 1 aromatic heterocycles. The number of hydrogen-bond donors (Lipinski definition) is 0. The van der Waals surface area contributed by atoms with Crippen LogP contribution in [0.2, 0.25) is 5.02 Å². The Morgan fingerprint density at radius 1 is 1.43 bits per heavy atom. The lowest BCUT2D eigenvalue weighted by Crippen LogP contribution is -2.28. The molecule has 0 unspecified atom stereocenters. The van der Waals surface area contributed by atoms with Crippen molar-refractivity contribution in [2.75, 3.05) is 13.6 Å². The molecule has 21 heavy (non-hydrogen) atoms. The average molecular weight is 306 g/mol. The van der Waals surface area contributed by atoms with Crippen molar-refractivity contribution in [2.45, 2.75) is 26.7 Å². The molecule has 0 N–H and O–H groups in total. The van der Waals surface area contributed by atoms with Gasteiger partial charge in [-0.25, -0.2) is 4.68 Å². The molecule has 0 aliphatic heterocycles. The predicted molar refractivity (Wildman–Crippen MR) is 85.2 cm³/mol. The number of hydrogen-bond acceptors (Lipinski definition) is 2. The van der Waals surface area contributed by atoms with E-state index in [2.05, 4.69) is 12.0 Å². The molecule has 4 nitrogen and oxygen atoms in total. The Labute approximate surface area is 130 Å². The van der Waals surface area contributed by atoms with Crippen LogP contribution < -0.4 is 0 Å². The standard InChI is InChI=1S/C16H20ClN3O/c1-4-5-9-19(3)16(21)15-11-18-20(12(15)2)14-8-6-7-13(17)10-14/h6-8,10-11H,4-5,9H2,1-3H3. The minimum Gasteiger partial charge on any atom is -0.342 e. The Morgan fingerprint density at radius 2 is 2.19 bits per heavy atom. The molecule has 2 rings (SSSR count). The highest BCUT2D eigenvalue weighted by molar-refractivity contribution is 6.30. The van der Waals surface area contributed by atoms with Crippen molar-refractivity contribution in [1.29, 1.82) is 0 Å². The third-order valence-corrected chi connectivity index (χ3v) is 3.72. The molecule has 112 valence electrons. The summed E-state index contributed by atoms with van der Waals surface area (Å²) in [6.45, 7) is 4.77. The van der Waals surface area contributed by atoms with Crippen LogP contribution in [0.25, 0.3) is 5.69 Å². The fourth-order valence-electron chi connectivity index (χ4n) is 2.19. The van der Waals surface area contributed by atoms with Crippen molar-refractivity contribution in [3.8, 4) is 5.69 Å². The quantitative estimate of drug-likeness (QED) is 0.844. The van der Waals surface area contributed by atoms with Crippen LogP contribution in [-0.2, 0) is 0 Å². The van der Waals surface area contributed by atoms with Crippen LogP contribution in [-0.4, -0.2) is 34.2 Å². The van der Waals surface area contributed by atoms with Crippen molar-refractivity contribution in [1.82, 2.24) is 14.7 Å². The second-order valence-corrected chi connectivity index (χ2v) is 5.55. The molecular formula is C16H20ClN3O. The summed E-state index contributed by atoms with van der Waals surface area (Å²) >= 11 is 6.01. The van der Waals surface area contributed by atoms with Gasteiger partial charge in [0.1, 0.15) is 0 Å². The van der Waals surface area contributed by atoms with Crippen LogP contribution in [0.15, 0.2) is 30.5 Å². The summed E-state index contributed by atoms with van der Waals surface area (Å²) in [6.07, 6.45) is 3.70. The number of nitrogens with zero attached hydrogens (tertiary/aromatic N) is 3. The molecule has 0 saturated carbocycles. The zero-order valence-corrected chi connectivity index (χ0v) is 13.4. The summed E-state index contributed by atoms with van der Waals surface area (Å²) in [5.41, 5.74) is 2.31. The first-order valence-electron chi connectivity index (χ1n) is 7.10. The minimum absolute atomic E-state index is 0.00854. The molecular weight excluding hydrogens is 286 g/mol. The van der Waals surface area contributed by atoms with E-state index in [0.717, 1.165) is 30.8 Å². The first-order valence-corrected chi connectivity index (χ1v) is 7.48. The van der Waals surface area contributed by atoms with Crippen molar-refractivity contribution in [2.24, 2.45) is 0 Å². The van der Waals surface area contributed by atoms with Crippen molar-refractivity contribution < 1.29 is 4.79 Å². The number of benzene rings is 1. The molecule has 0 aliphatic carbocycles. The van der Waals surface area contributed by atoms with Crippen LogP contribution in [0, 0.1) is 6.92 Å². The lowest BCUT2D eigenvalue weighted by molar-refractivity contribution is 0.0792. The van der Waals surface area contributed by atoms with Crippen molar-refractivity contribution in [3.05, 3.63) is 46.7 Å². The van der Waals surface area contributed by atoms with Crippen LogP contribution in [0.4, 0.5) is 0 Å². The van der Waals surface area contributed by atoms with Gasteiger partial charge in [0.15, 0.2) is 0 Å². The first kappa shape index (κ1) is 15.6. The normalized spacial score (nSPS) is 10.7. The van der Waals surface area contributed by atoms with Crippen LogP contribution in [0.5, 0.6) is 0 Å². The van der Waals surface area contributed by atoms with Gasteiger partial charge in [-0.3, -0.25) is 4.79 Å². The Kier molecular flexibility index (Phi) is 5.02. The Morgan fingerprint density at radius 3 is 2.86 bits per heavy atom. The predicted octanol–water partition coefficient (Wildman–Crippen LogP) is 3.71. The highest BCUT2D eigenvalue weighted by Gasteiger charge is 2.18. The molecule has 0 atom stereocenters. The Bertz CT molecular complexity index is 636. The topological polar surface area (TPSA) is 38.1 Å². The van der Waals surface area contributed by atoms with Gasteiger partial charge in [-0.15, -0.1) is 0 Å². The number of unbranched alkanes of at least 4 members (excludes halogenated alkanes) is 1. The monoisotopic (exact) mass is 305 g/mol. The molecule has 0 saturated heterocycles. The first-order chi connectivity index (χ1) is 10.0. The maximum Gasteiger partial charge on any atom is 0.257 e. The van der Waals surface area contributed by atoms with Gasteiger partial charge >= 0.3 is 0 Å². The van der Waals surface area contributed by atoms with E-state index >= 15 is 0 Å². The Balaban J connectivity index is 2.26. The molecule has 1 amide bonds. The van der Waals surface area contributed by atoms with E-state index in [1.165, 1.54) is 0 Å². The average Bonchev–Trinajstić information content (AvgIpc) is 2.85. The van der Waals surface area contributed by atoms with Crippen LogP contribution in [0.1, 0.15) is 35.8 Å². The number of rotatable bonds is 5. The summed E-state index contributed by atoms with van der Waals surface area (Å²) in [5.74, 6) is 0.00854. The van der Waals surface area contributed by atoms with E-state index in [-0.39, 0.29) is 5.91 Å². The van der Waals surface area contributed by atoms with Gasteiger partial charge in [0, 0.05) is 18.6 Å². The highest BCUT2D eigenvalue weighted by atomic mass is 35.5. The van der Waals surface area contributed by atoms with Gasteiger partial charge in [0.2, 0.25) is 0 Å². The minimum atomic E-state index is 0.00854. The molecule has 5 heteroatoms. The molecule has 0 radical (unpaired) electrons. The zero-order chi connectivity index (χ0) is 15.4. The number of amides is 1. The fourth-order valence-corrected chi connectivity index (χ4v) is 2.37. The van der Waals surface area contributed by atoms with E-state index in [9.17, 15) is 4.79 Å². The summed E-state index contributed by atoms with van der Waals surface area (Å²) in [7, 11) is 1.83. The smallest absolute Gasteiger partial charge is 0.257 e. The number of aromatic nitrogens is 2. The SMILES string of the molecule is CCCCN(C)C(=O)c1cnn(-c2cccc(Cl)c2)c1C. The molecule has 0 aliphatic rings. The Hall–Kier alpha value is -1.81. The summed E-state index contributed by atoms with van der Waals surface area (Å²) in [4.78, 5) is 14.2. The van der Waals surface area contributed by atoms with E-state index in [1.807, 2.05) is 38.2 Å². The third kappa shape index (κ3) is 3.45. The maximum atomic E-state index is 12.4. The van der Waals surface area contributed by atoms with Gasteiger partial charge in [0.25, 0.3) is 5.91 Å². The largest absolute Gasteiger partial charge is 0.342 e. The van der Waals surface area contributed by atoms with Crippen molar-refractivity contribution in [3.63, 3.8) is 0 Å². The van der Waals surface area contributed by atoms with E-state index in [4.69, 9.17) is 11.6 Å². The molecule has 0 bridgehead atoms. The van der Waals surface area contributed by atoms with Crippen LogP contribution in [0.3, 0.4) is 0 Å². The van der Waals surface area contributed by atoms with Gasteiger partial charge in [0.05, 0.1) is 23.1 Å². The highest BCUT2D eigenvalue weighted by Crippen LogP contribution is 2.18. The van der Waals surface area contributed by atoms with Crippen molar-refractivity contribution >= 4 is 17.5 Å². The summed E-state index contributed by atoms with van der Waals surface area (Å²) in [5, 5.41) is 4.97. The van der Waals surface area contributed by atoms with Crippen LogP contribution >= 0.6 is 11.6 Å². The summed E-state index contributed by atoms with van der Waals surface area (Å²) < 4.78 is 1.74. The molecule has 0 fully saturated rings. The second kappa shape index (κ2) is 6.76. The van der Waals surface area contributed by atoms with Gasteiger partial charge in [-0.1, -0.05) is 31.0 Å². The lowest BCUT2D eigenvalue weighted by Gasteiger charge is -2.16. The number of halogens is 1. The molecule has 1 heterocycles. The fraction of sp³-hybridized carbons (Fsp3) is 0.375. The van der Waals surface area contributed by atoms with E-state index < -0.39 is 0 Å². The maximum absolute atomic E-state index is 12.4. The van der Waals surface area contributed by atoms with E-state index in [1.54, 1.807) is 15.8 Å². The molecule has 1 aromatic carbocycles. The summed E-state index contributed by atoms with van der Waals surface area (Å²) in [6, 6.07) is 7.43. The number of carbonyl (C=O) groups is 1. The van der Waals surface area contributed by atoms with E-state index in [0.29, 0.717) is 10.6 Å². The molecule has 2 aromatic rings.